The predicted octanol–water partition coefficient (Wildman–Crippen LogP) is 1.60. The van der Waals surface area contributed by atoms with E-state index < -0.39 is 0 Å². The molecule has 146 valence electrons. The number of carbonyl (C=O) groups excluding carboxylic acids is 2. The molecule has 8 heteroatoms. The number of esters is 1. The van der Waals surface area contributed by atoms with Crippen LogP contribution in [0.2, 0.25) is 0 Å². The molecule has 1 saturated heterocycles. The number of hydrogen-bond donors (Lipinski definition) is 0. The number of ether oxygens (including phenoxy) is 1. The van der Waals surface area contributed by atoms with Gasteiger partial charge in [0, 0.05) is 37.6 Å². The third-order valence-electron chi connectivity index (χ3n) is 5.26. The summed E-state index contributed by atoms with van der Waals surface area (Å²) in [5.41, 5.74) is 2.13. The van der Waals surface area contributed by atoms with Gasteiger partial charge in [0.1, 0.15) is 5.56 Å². The fourth-order valence-corrected chi connectivity index (χ4v) is 3.51. The average Bonchev–Trinajstić information content (AvgIpc) is 3.14. The average molecular weight is 373 g/mol. The van der Waals surface area contributed by atoms with E-state index in [0.717, 1.165) is 25.2 Å². The van der Waals surface area contributed by atoms with Crippen molar-refractivity contribution in [1.82, 2.24) is 24.4 Å². The van der Waals surface area contributed by atoms with Crippen LogP contribution < -0.4 is 0 Å². The van der Waals surface area contributed by atoms with E-state index in [2.05, 4.69) is 28.8 Å². The lowest BCUT2D eigenvalue weighted by atomic mass is 9.96. The molecule has 0 aromatic carbocycles. The molecule has 0 spiro atoms. The molecule has 1 fully saturated rings. The van der Waals surface area contributed by atoms with Crippen molar-refractivity contribution in [2.24, 2.45) is 5.92 Å². The zero-order valence-corrected chi connectivity index (χ0v) is 16.2. The van der Waals surface area contributed by atoms with Crippen LogP contribution in [0.15, 0.2) is 18.6 Å². The number of likely N-dealkylation sites (tertiary alicyclic amines) is 1. The van der Waals surface area contributed by atoms with E-state index in [-0.39, 0.29) is 17.8 Å². The number of amides is 1. The first kappa shape index (κ1) is 19.3. The van der Waals surface area contributed by atoms with Crippen molar-refractivity contribution < 1.29 is 14.3 Å². The Morgan fingerprint density at radius 2 is 1.93 bits per heavy atom. The van der Waals surface area contributed by atoms with Gasteiger partial charge in [0.25, 0.3) is 5.91 Å². The van der Waals surface area contributed by atoms with Gasteiger partial charge < -0.3 is 9.64 Å². The van der Waals surface area contributed by atoms with Gasteiger partial charge >= 0.3 is 5.97 Å². The van der Waals surface area contributed by atoms with Gasteiger partial charge in [-0.15, -0.1) is 0 Å². The topological polar surface area (TPSA) is 80.0 Å². The van der Waals surface area contributed by atoms with Crippen molar-refractivity contribution in [2.45, 2.75) is 33.2 Å². The van der Waals surface area contributed by atoms with Crippen molar-refractivity contribution in [1.29, 1.82) is 0 Å². The molecule has 0 saturated carbocycles. The van der Waals surface area contributed by atoms with Gasteiger partial charge in [-0.2, -0.15) is 5.10 Å². The van der Waals surface area contributed by atoms with E-state index >= 15 is 0 Å². The maximum absolute atomic E-state index is 12.9. The van der Waals surface area contributed by atoms with Crippen molar-refractivity contribution >= 4 is 17.5 Å². The summed E-state index contributed by atoms with van der Waals surface area (Å²) in [5.74, 6) is -0.401. The van der Waals surface area contributed by atoms with Crippen LogP contribution in [0.3, 0.4) is 0 Å². The second-order valence-electron chi connectivity index (χ2n) is 6.84. The van der Waals surface area contributed by atoms with Crippen LogP contribution in [-0.2, 0) is 16.1 Å². The minimum absolute atomic E-state index is 0.0858. The van der Waals surface area contributed by atoms with E-state index in [4.69, 9.17) is 4.74 Å². The van der Waals surface area contributed by atoms with Gasteiger partial charge in [0.05, 0.1) is 19.2 Å². The summed E-state index contributed by atoms with van der Waals surface area (Å²) in [6, 6.07) is 0. The minimum atomic E-state index is -0.194. The lowest BCUT2D eigenvalue weighted by molar-refractivity contribution is -0.146. The smallest absolute Gasteiger partial charge is 0.308 e. The van der Waals surface area contributed by atoms with E-state index in [0.29, 0.717) is 37.1 Å². The number of piperidine rings is 1. The molecular formula is C19H27N5O3. The standard InChI is InChI=1S/C19H27N5O3/c1-4-22(5-2)12-14-10-20-17-16(11-21-24(17)13-14)18(25)23-8-6-15(7-9-23)19(26)27-3/h10-11,13,15H,4-9,12H2,1-3H3. The first-order valence-corrected chi connectivity index (χ1v) is 9.49. The van der Waals surface area contributed by atoms with Crippen LogP contribution in [0.4, 0.5) is 0 Å². The largest absolute Gasteiger partial charge is 0.469 e. The molecule has 0 radical (unpaired) electrons. The molecule has 0 unspecified atom stereocenters. The van der Waals surface area contributed by atoms with Gasteiger partial charge in [-0.05, 0) is 25.9 Å². The fraction of sp³-hybridized carbons (Fsp3) is 0.579. The summed E-state index contributed by atoms with van der Waals surface area (Å²) in [4.78, 5) is 33.1. The Balaban J connectivity index is 1.72. The van der Waals surface area contributed by atoms with E-state index in [9.17, 15) is 9.59 Å². The zero-order chi connectivity index (χ0) is 19.4. The summed E-state index contributed by atoms with van der Waals surface area (Å²) in [5, 5.41) is 4.32. The normalized spacial score (nSPS) is 15.5. The maximum atomic E-state index is 12.9. The molecule has 3 rings (SSSR count). The SMILES string of the molecule is CCN(CC)Cc1cnc2c(C(=O)N3CCC(C(=O)OC)CC3)cnn2c1. The summed E-state index contributed by atoms with van der Waals surface area (Å²) < 4.78 is 6.47. The van der Waals surface area contributed by atoms with Crippen molar-refractivity contribution in [2.75, 3.05) is 33.3 Å². The summed E-state index contributed by atoms with van der Waals surface area (Å²) in [6.45, 7) is 8.08. The minimum Gasteiger partial charge on any atom is -0.469 e. The van der Waals surface area contributed by atoms with Crippen LogP contribution in [0, 0.1) is 5.92 Å². The highest BCUT2D eigenvalue weighted by Gasteiger charge is 2.29. The van der Waals surface area contributed by atoms with Crippen LogP contribution in [0.1, 0.15) is 42.6 Å². The van der Waals surface area contributed by atoms with Crippen LogP contribution in [-0.4, -0.2) is 69.6 Å². The molecule has 0 bridgehead atoms. The second-order valence-corrected chi connectivity index (χ2v) is 6.84. The Morgan fingerprint density at radius 1 is 1.22 bits per heavy atom. The monoisotopic (exact) mass is 373 g/mol. The second kappa shape index (κ2) is 8.47. The number of nitrogens with zero attached hydrogens (tertiary/aromatic N) is 5. The Labute approximate surface area is 159 Å². The molecule has 3 heterocycles. The maximum Gasteiger partial charge on any atom is 0.308 e. The lowest BCUT2D eigenvalue weighted by Crippen LogP contribution is -2.40. The Bertz CT molecular complexity index is 807. The third kappa shape index (κ3) is 4.10. The molecule has 2 aromatic rings. The summed E-state index contributed by atoms with van der Waals surface area (Å²) >= 11 is 0. The van der Waals surface area contributed by atoms with E-state index in [1.54, 1.807) is 15.6 Å². The molecule has 0 aliphatic carbocycles. The van der Waals surface area contributed by atoms with Crippen LogP contribution in [0.5, 0.6) is 0 Å². The number of fused-ring (bicyclic) bond motifs is 1. The molecule has 0 N–H and O–H groups in total. The Morgan fingerprint density at radius 3 is 2.56 bits per heavy atom. The zero-order valence-electron chi connectivity index (χ0n) is 16.2. The van der Waals surface area contributed by atoms with E-state index in [1.807, 2.05) is 12.4 Å². The molecule has 2 aromatic heterocycles. The molecular weight excluding hydrogens is 346 g/mol. The summed E-state index contributed by atoms with van der Waals surface area (Å²) in [6.07, 6.45) is 6.58. The third-order valence-corrected chi connectivity index (χ3v) is 5.26. The predicted molar refractivity (Wildman–Crippen MR) is 100 cm³/mol. The summed E-state index contributed by atoms with van der Waals surface area (Å²) in [7, 11) is 1.40. The molecule has 8 nitrogen and oxygen atoms in total. The lowest BCUT2D eigenvalue weighted by Gasteiger charge is -2.30. The highest BCUT2D eigenvalue weighted by atomic mass is 16.5. The molecule has 0 atom stereocenters. The number of hydrogen-bond acceptors (Lipinski definition) is 6. The first-order chi connectivity index (χ1) is 13.1. The van der Waals surface area contributed by atoms with Gasteiger partial charge in [0.2, 0.25) is 0 Å². The molecule has 1 amide bonds. The fourth-order valence-electron chi connectivity index (χ4n) is 3.51. The first-order valence-electron chi connectivity index (χ1n) is 9.49. The van der Waals surface area contributed by atoms with E-state index in [1.165, 1.54) is 7.11 Å². The highest BCUT2D eigenvalue weighted by Crippen LogP contribution is 2.21. The van der Waals surface area contributed by atoms with Crippen molar-refractivity contribution in [3.8, 4) is 0 Å². The van der Waals surface area contributed by atoms with Crippen molar-refractivity contribution in [3.63, 3.8) is 0 Å². The molecule has 1 aliphatic rings. The Kier molecular flexibility index (Phi) is 6.05. The van der Waals surface area contributed by atoms with Gasteiger partial charge in [-0.3, -0.25) is 14.5 Å². The molecule has 1 aliphatic heterocycles. The number of methoxy groups -OCH3 is 1. The van der Waals surface area contributed by atoms with Gasteiger partial charge in [-0.25, -0.2) is 9.50 Å². The number of aromatic nitrogens is 3. The van der Waals surface area contributed by atoms with Crippen LogP contribution in [0.25, 0.3) is 5.65 Å². The van der Waals surface area contributed by atoms with Gasteiger partial charge in [0.15, 0.2) is 5.65 Å². The number of rotatable bonds is 6. The van der Waals surface area contributed by atoms with Crippen LogP contribution >= 0.6 is 0 Å². The molecule has 27 heavy (non-hydrogen) atoms. The number of carbonyl (C=O) groups is 2. The Hall–Kier alpha value is -2.48. The highest BCUT2D eigenvalue weighted by molar-refractivity contribution is 5.99. The van der Waals surface area contributed by atoms with Gasteiger partial charge in [-0.1, -0.05) is 13.8 Å². The quantitative estimate of drug-likeness (QED) is 0.716. The van der Waals surface area contributed by atoms with Crippen molar-refractivity contribution in [3.05, 3.63) is 29.7 Å².